The summed E-state index contributed by atoms with van der Waals surface area (Å²) in [5.41, 5.74) is 4.26. The summed E-state index contributed by atoms with van der Waals surface area (Å²) in [4.78, 5) is 32.2. The molecule has 57 heavy (non-hydrogen) atoms. The molecule has 0 aromatic heterocycles. The van der Waals surface area contributed by atoms with Crippen molar-refractivity contribution in [1.82, 2.24) is 4.90 Å². The van der Waals surface area contributed by atoms with Crippen LogP contribution in [0.4, 0.5) is 0 Å². The number of hydrogen-bond acceptors (Lipinski definition) is 6. The van der Waals surface area contributed by atoms with Crippen LogP contribution in [0.2, 0.25) is 0 Å². The number of hydrogen-bond donors (Lipinski definition) is 1. The molecular formula is C49H85NO5V2. The number of carbonyl (C=O) groups is 1. The summed E-state index contributed by atoms with van der Waals surface area (Å²) in [5, 5.41) is 8.92. The number of likely N-dealkylation sites (tertiary alicyclic amines) is 1. The predicted octanol–water partition coefficient (Wildman–Crippen LogP) is 13.9. The summed E-state index contributed by atoms with van der Waals surface area (Å²) in [6, 6.07) is 23.6. The van der Waals surface area contributed by atoms with Crippen LogP contribution < -0.4 is 4.74 Å². The first-order valence-electron chi connectivity index (χ1n) is 19.4. The molecule has 8 heteroatoms. The van der Waals surface area contributed by atoms with Crippen LogP contribution in [0.1, 0.15) is 160 Å². The maximum absolute atomic E-state index is 12.0. The first-order chi connectivity index (χ1) is 25.4. The van der Waals surface area contributed by atoms with Gasteiger partial charge in [0.15, 0.2) is 0 Å². The summed E-state index contributed by atoms with van der Waals surface area (Å²) in [6.07, 6.45) is 7.36. The maximum Gasteiger partial charge on any atom is 2.00 e. The summed E-state index contributed by atoms with van der Waals surface area (Å²) < 4.78 is 5.37. The number of esters is 1. The third-order valence-corrected chi connectivity index (χ3v) is 7.70. The van der Waals surface area contributed by atoms with Crippen molar-refractivity contribution in [2.45, 2.75) is 163 Å². The van der Waals surface area contributed by atoms with Crippen LogP contribution in [0.25, 0.3) is 0 Å². The van der Waals surface area contributed by atoms with Gasteiger partial charge in [0, 0.05) is 5.56 Å². The van der Waals surface area contributed by atoms with E-state index in [1.165, 1.54) is 19.6 Å². The van der Waals surface area contributed by atoms with E-state index in [2.05, 4.69) is 53.0 Å². The van der Waals surface area contributed by atoms with Gasteiger partial charge in [0.2, 0.25) is 0 Å². The molecule has 0 saturated carbocycles. The molecule has 2 heterocycles. The van der Waals surface area contributed by atoms with E-state index in [1.54, 1.807) is 26.2 Å². The average Bonchev–Trinajstić information content (AvgIpc) is 3.56. The molecule has 0 aliphatic carbocycles. The van der Waals surface area contributed by atoms with E-state index in [9.17, 15) is 4.79 Å². The van der Waals surface area contributed by atoms with Crippen LogP contribution in [0.3, 0.4) is 0 Å². The summed E-state index contributed by atoms with van der Waals surface area (Å²) in [7, 11) is 2.23. The second kappa shape index (κ2) is 49.5. The topological polar surface area (TPSA) is 83.9 Å². The second-order valence-corrected chi connectivity index (χ2v) is 11.2. The van der Waals surface area contributed by atoms with Crippen molar-refractivity contribution in [2.24, 2.45) is 5.92 Å². The monoisotopic (exact) mass is 870 g/mol. The van der Waals surface area contributed by atoms with E-state index < -0.39 is 0 Å². The number of aryl methyl sites for hydroxylation is 2. The molecule has 1 saturated heterocycles. The van der Waals surface area contributed by atoms with Gasteiger partial charge in [-0.05, 0) is 69.1 Å². The van der Waals surface area contributed by atoms with Crippen molar-refractivity contribution >= 4 is 18.5 Å². The van der Waals surface area contributed by atoms with Crippen LogP contribution in [-0.4, -0.2) is 47.2 Å². The van der Waals surface area contributed by atoms with E-state index in [4.69, 9.17) is 19.4 Å². The molecule has 1 fully saturated rings. The van der Waals surface area contributed by atoms with Crippen molar-refractivity contribution in [2.75, 3.05) is 7.05 Å². The molecule has 3 atom stereocenters. The SMILES string of the molecule is C.C.CC.CC.CC.CC.CC1[CH-]CC(C)(C)N(C)C1C.CC[C-]=O.C[C-]=O.Cc1cccc2c1OC(=O)C2c1ccccc1.Cc1ccccc1O.[CH2-]C.[V+2].[V+2]. The Morgan fingerprint density at radius 2 is 1.21 bits per heavy atom. The van der Waals surface area contributed by atoms with Crippen LogP contribution in [0.15, 0.2) is 72.8 Å². The zero-order chi connectivity index (χ0) is 42.6. The van der Waals surface area contributed by atoms with Crippen LogP contribution in [0.5, 0.6) is 11.5 Å². The minimum absolute atomic E-state index is 0. The van der Waals surface area contributed by atoms with Gasteiger partial charge in [-0.1, -0.05) is 158 Å². The summed E-state index contributed by atoms with van der Waals surface area (Å²) in [5.74, 6) is 1.39. The van der Waals surface area contributed by atoms with E-state index >= 15 is 0 Å². The zero-order valence-corrected chi connectivity index (χ0v) is 40.6. The van der Waals surface area contributed by atoms with E-state index in [1.807, 2.05) is 136 Å². The fraction of sp³-hybridized carbons (Fsp3) is 0.531. The number of aromatic hydroxyl groups is 1. The standard InChI is InChI=1S/C15H12O2.C10H20N.C7H8O.C3H5O.C2H3O.4C2H6.C2H5.2CH4.2V/c1-10-6-5-9-12-13(15(16)17-14(10)12)11-7-3-2-4-8-11;1-8-6-7-10(3,4)11(5)9(8)2;1-6-4-2-3-5-7(6)8;1-2-3-4;1-2-3;5*1-2;;;;/h2-9,13H,1H3;6,8-9H,7H2,1-5H3;2-5,8H,1H3;2H2,1H3;1H3;4*1-2H3;1H2,2H3;2*1H4;;/q;-1;;2*-1;;;;;-1;;;2*+2. The Kier molecular flexibility index (Phi) is 65.4. The van der Waals surface area contributed by atoms with E-state index in [-0.39, 0.29) is 63.9 Å². The first kappa shape index (κ1) is 75.3. The van der Waals surface area contributed by atoms with Gasteiger partial charge in [-0.25, -0.2) is 0 Å². The van der Waals surface area contributed by atoms with Crippen molar-refractivity contribution in [1.29, 1.82) is 0 Å². The quantitative estimate of drug-likeness (QED) is 0.157. The van der Waals surface area contributed by atoms with Crippen LogP contribution in [0, 0.1) is 33.1 Å². The van der Waals surface area contributed by atoms with Gasteiger partial charge >= 0.3 is 43.1 Å². The normalized spacial score (nSPS) is 15.3. The number of benzene rings is 3. The number of phenolic OH excluding ortho intramolecular Hbond substituents is 1. The molecule has 0 spiro atoms. The molecule has 0 amide bonds. The molecule has 2 aliphatic heterocycles. The summed E-state index contributed by atoms with van der Waals surface area (Å²) in [6.45, 7) is 37.1. The smallest absolute Gasteiger partial charge is 0.542 e. The Bertz CT molecular complexity index is 1260. The van der Waals surface area contributed by atoms with Gasteiger partial charge in [0.1, 0.15) is 17.4 Å². The number of phenols is 1. The molecular weight excluding hydrogens is 784 g/mol. The number of ether oxygens (including phenoxy) is 1. The minimum Gasteiger partial charge on any atom is -0.542 e. The molecule has 0 bridgehead atoms. The zero-order valence-electron chi connectivity index (χ0n) is 37.8. The largest absolute Gasteiger partial charge is 2.00 e. The Balaban J connectivity index is -0.0000000728. The number of fused-ring (bicyclic) bond motifs is 1. The average molecular weight is 870 g/mol. The fourth-order valence-electron chi connectivity index (χ4n) is 4.57. The number of para-hydroxylation sites is 2. The van der Waals surface area contributed by atoms with Gasteiger partial charge < -0.3 is 37.7 Å². The number of nitrogens with zero attached hydrogens (tertiary/aromatic N) is 1. The molecule has 2 aliphatic rings. The van der Waals surface area contributed by atoms with Gasteiger partial charge in [0.25, 0.3) is 0 Å². The Labute approximate surface area is 378 Å². The first-order valence-corrected chi connectivity index (χ1v) is 19.4. The maximum atomic E-state index is 12.0. The Morgan fingerprint density at radius 3 is 1.58 bits per heavy atom. The van der Waals surface area contributed by atoms with E-state index in [0.717, 1.165) is 33.9 Å². The number of rotatable bonds is 2. The Morgan fingerprint density at radius 1 is 0.807 bits per heavy atom. The predicted molar refractivity (Wildman–Crippen MR) is 245 cm³/mol. The van der Waals surface area contributed by atoms with Crippen LogP contribution in [-0.2, 0) is 51.5 Å². The minimum atomic E-state index is -0.272. The number of piperidine rings is 1. The third-order valence-electron chi connectivity index (χ3n) is 7.70. The van der Waals surface area contributed by atoms with Crippen molar-refractivity contribution in [3.8, 4) is 11.5 Å². The van der Waals surface area contributed by atoms with Crippen molar-refractivity contribution < 1.29 is 61.3 Å². The van der Waals surface area contributed by atoms with Gasteiger partial charge in [-0.15, -0.1) is 0 Å². The second-order valence-electron chi connectivity index (χ2n) is 11.2. The molecule has 3 unspecified atom stereocenters. The summed E-state index contributed by atoms with van der Waals surface area (Å²) >= 11 is 0. The van der Waals surface area contributed by atoms with Gasteiger partial charge in [-0.2, -0.15) is 32.6 Å². The molecule has 326 valence electrons. The Hall–Kier alpha value is -2.60. The molecule has 3 aromatic carbocycles. The molecule has 5 rings (SSSR count). The van der Waals surface area contributed by atoms with Crippen molar-refractivity contribution in [3.05, 3.63) is 108 Å². The fourth-order valence-corrected chi connectivity index (χ4v) is 4.57. The van der Waals surface area contributed by atoms with Crippen LogP contribution >= 0.6 is 0 Å². The van der Waals surface area contributed by atoms with Gasteiger partial charge in [0.05, 0.1) is 0 Å². The van der Waals surface area contributed by atoms with Crippen molar-refractivity contribution in [3.63, 3.8) is 0 Å². The molecule has 6 nitrogen and oxygen atoms in total. The number of carbonyl (C=O) groups excluding carboxylic acids is 3. The third kappa shape index (κ3) is 31.1. The molecule has 2 radical (unpaired) electrons. The van der Waals surface area contributed by atoms with E-state index in [0.29, 0.717) is 23.8 Å². The molecule has 1 N–H and O–H groups in total. The van der Waals surface area contributed by atoms with Gasteiger partial charge in [-0.3, -0.25) is 17.4 Å². The molecule has 3 aromatic rings.